The molecule has 198 valence electrons. The summed E-state index contributed by atoms with van der Waals surface area (Å²) in [7, 11) is 9.70. The van der Waals surface area contributed by atoms with E-state index < -0.39 is 0 Å². The van der Waals surface area contributed by atoms with Crippen molar-refractivity contribution in [2.75, 3.05) is 42.7 Å². The standard InChI is InChI=1S/C30H34N2O6/c1-33-25-15-21(16-26(34-2)29(25)37-5)19-31-11-7-23(8-12-31)24-9-13-32(14-10-24)20-22-17-27(35-3)30(38-6)28(18-22)36-4/h7-18H,19-20H2,1-6H3/q+2. The van der Waals surface area contributed by atoms with Gasteiger partial charge in [0.2, 0.25) is 11.5 Å². The molecule has 0 fully saturated rings. The molecule has 0 aliphatic heterocycles. The van der Waals surface area contributed by atoms with Gasteiger partial charge in [0, 0.05) is 35.4 Å². The van der Waals surface area contributed by atoms with Crippen LogP contribution in [-0.4, -0.2) is 42.7 Å². The molecule has 0 amide bonds. The van der Waals surface area contributed by atoms with E-state index in [2.05, 4.69) is 58.2 Å². The normalized spacial score (nSPS) is 10.6. The van der Waals surface area contributed by atoms with Gasteiger partial charge in [-0.25, -0.2) is 9.13 Å². The maximum absolute atomic E-state index is 5.48. The zero-order valence-electron chi connectivity index (χ0n) is 22.7. The molecule has 38 heavy (non-hydrogen) atoms. The summed E-state index contributed by atoms with van der Waals surface area (Å²) in [5.74, 6) is 3.74. The van der Waals surface area contributed by atoms with Crippen molar-refractivity contribution in [3.05, 3.63) is 84.4 Å². The first-order valence-corrected chi connectivity index (χ1v) is 12.1. The summed E-state index contributed by atoms with van der Waals surface area (Å²) < 4.78 is 37.0. The molecule has 0 radical (unpaired) electrons. The summed E-state index contributed by atoms with van der Waals surface area (Å²) in [5, 5.41) is 0. The van der Waals surface area contributed by atoms with E-state index in [1.165, 1.54) is 0 Å². The van der Waals surface area contributed by atoms with Gasteiger partial charge in [-0.1, -0.05) is 0 Å². The molecule has 0 unspecified atom stereocenters. The van der Waals surface area contributed by atoms with Gasteiger partial charge in [-0.15, -0.1) is 0 Å². The van der Waals surface area contributed by atoms with Crippen LogP contribution in [0.25, 0.3) is 11.1 Å². The highest BCUT2D eigenvalue weighted by atomic mass is 16.5. The zero-order chi connectivity index (χ0) is 27.1. The third kappa shape index (κ3) is 5.75. The summed E-state index contributed by atoms with van der Waals surface area (Å²) in [6.07, 6.45) is 8.26. The average Bonchev–Trinajstić information content (AvgIpc) is 2.96. The van der Waals surface area contributed by atoms with Crippen LogP contribution in [0, 0.1) is 0 Å². The van der Waals surface area contributed by atoms with E-state index in [4.69, 9.17) is 28.4 Å². The monoisotopic (exact) mass is 518 g/mol. The second-order valence-electron chi connectivity index (χ2n) is 8.59. The maximum atomic E-state index is 5.48. The summed E-state index contributed by atoms with van der Waals surface area (Å²) in [5.41, 5.74) is 4.35. The number of rotatable bonds is 11. The lowest BCUT2D eigenvalue weighted by molar-refractivity contribution is -0.688. The Morgan fingerprint density at radius 1 is 0.447 bits per heavy atom. The van der Waals surface area contributed by atoms with Crippen LogP contribution in [0.4, 0.5) is 0 Å². The summed E-state index contributed by atoms with van der Waals surface area (Å²) in [6.45, 7) is 1.33. The predicted molar refractivity (Wildman–Crippen MR) is 143 cm³/mol. The Balaban J connectivity index is 1.48. The Bertz CT molecular complexity index is 1210. The minimum atomic E-state index is 0.589. The average molecular weight is 519 g/mol. The minimum absolute atomic E-state index is 0.589. The maximum Gasteiger partial charge on any atom is 0.203 e. The zero-order valence-corrected chi connectivity index (χ0v) is 22.7. The molecule has 8 heteroatoms. The molecule has 0 N–H and O–H groups in total. The topological polar surface area (TPSA) is 63.1 Å². The number of ether oxygens (including phenoxy) is 6. The number of methoxy groups -OCH3 is 6. The van der Waals surface area contributed by atoms with Crippen molar-refractivity contribution < 1.29 is 37.6 Å². The van der Waals surface area contributed by atoms with Gasteiger partial charge in [0.15, 0.2) is 60.9 Å². The van der Waals surface area contributed by atoms with E-state index >= 15 is 0 Å². The first kappa shape index (κ1) is 26.6. The lowest BCUT2D eigenvalue weighted by Gasteiger charge is -2.13. The fourth-order valence-corrected chi connectivity index (χ4v) is 4.39. The molecule has 0 atom stereocenters. The Kier molecular flexibility index (Phi) is 8.53. The van der Waals surface area contributed by atoms with Crippen LogP contribution in [0.15, 0.2) is 73.3 Å². The highest BCUT2D eigenvalue weighted by Gasteiger charge is 2.17. The minimum Gasteiger partial charge on any atom is -0.493 e. The fourth-order valence-electron chi connectivity index (χ4n) is 4.39. The molecule has 8 nitrogen and oxygen atoms in total. The molecule has 2 aromatic carbocycles. The molecule has 4 rings (SSSR count). The SMILES string of the molecule is COc1cc(C[n+]2ccc(-c3cc[n+](Cc4cc(OC)c(OC)c(OC)c4)cc3)cc2)cc(OC)c1OC. The molecule has 0 saturated heterocycles. The number of benzene rings is 2. The lowest BCUT2D eigenvalue weighted by atomic mass is 10.1. The molecule has 0 spiro atoms. The first-order chi connectivity index (χ1) is 18.5. The molecule has 0 aliphatic carbocycles. The van der Waals surface area contributed by atoms with E-state index in [1.54, 1.807) is 42.7 Å². The fraction of sp³-hybridized carbons (Fsp3) is 0.267. The molecule has 2 heterocycles. The van der Waals surface area contributed by atoms with Crippen molar-refractivity contribution in [2.45, 2.75) is 13.1 Å². The number of pyridine rings is 2. The van der Waals surface area contributed by atoms with Gasteiger partial charge in [-0.05, 0) is 35.4 Å². The largest absolute Gasteiger partial charge is 0.493 e. The van der Waals surface area contributed by atoms with Crippen molar-refractivity contribution in [3.63, 3.8) is 0 Å². The predicted octanol–water partition coefficient (Wildman–Crippen LogP) is 4.08. The van der Waals surface area contributed by atoms with Crippen molar-refractivity contribution in [3.8, 4) is 45.6 Å². The number of hydrogen-bond donors (Lipinski definition) is 0. The van der Waals surface area contributed by atoms with Crippen molar-refractivity contribution in [2.24, 2.45) is 0 Å². The molecule has 0 saturated carbocycles. The van der Waals surface area contributed by atoms with Gasteiger partial charge in [-0.3, -0.25) is 0 Å². The van der Waals surface area contributed by atoms with E-state index in [9.17, 15) is 0 Å². The van der Waals surface area contributed by atoms with Crippen LogP contribution in [0.1, 0.15) is 11.1 Å². The quantitative estimate of drug-likeness (QED) is 0.279. The molecular formula is C30H34N2O6+2. The van der Waals surface area contributed by atoms with E-state index in [-0.39, 0.29) is 0 Å². The van der Waals surface area contributed by atoms with E-state index in [0.29, 0.717) is 47.6 Å². The van der Waals surface area contributed by atoms with Crippen molar-refractivity contribution in [1.29, 1.82) is 0 Å². The third-order valence-corrected chi connectivity index (χ3v) is 6.29. The first-order valence-electron chi connectivity index (χ1n) is 12.1. The molecule has 4 aromatic rings. The van der Waals surface area contributed by atoms with Gasteiger partial charge < -0.3 is 28.4 Å². The van der Waals surface area contributed by atoms with E-state index in [0.717, 1.165) is 22.3 Å². The van der Waals surface area contributed by atoms with Crippen LogP contribution < -0.4 is 37.6 Å². The highest BCUT2D eigenvalue weighted by Crippen LogP contribution is 2.39. The number of hydrogen-bond acceptors (Lipinski definition) is 6. The van der Waals surface area contributed by atoms with Crippen LogP contribution >= 0.6 is 0 Å². The van der Waals surface area contributed by atoms with Gasteiger partial charge in [0.25, 0.3) is 0 Å². The van der Waals surface area contributed by atoms with Crippen molar-refractivity contribution in [1.82, 2.24) is 0 Å². The molecule has 0 bridgehead atoms. The van der Waals surface area contributed by atoms with Crippen LogP contribution in [0.3, 0.4) is 0 Å². The molecular weight excluding hydrogens is 484 g/mol. The third-order valence-electron chi connectivity index (χ3n) is 6.29. The Morgan fingerprint density at radius 3 is 0.974 bits per heavy atom. The van der Waals surface area contributed by atoms with E-state index in [1.807, 2.05) is 24.3 Å². The smallest absolute Gasteiger partial charge is 0.203 e. The molecule has 0 aliphatic rings. The van der Waals surface area contributed by atoms with Gasteiger partial charge in [0.1, 0.15) is 0 Å². The number of nitrogens with zero attached hydrogens (tertiary/aromatic N) is 2. The lowest BCUT2D eigenvalue weighted by Crippen LogP contribution is -2.33. The van der Waals surface area contributed by atoms with Crippen molar-refractivity contribution >= 4 is 0 Å². The second-order valence-corrected chi connectivity index (χ2v) is 8.59. The van der Waals surface area contributed by atoms with Gasteiger partial charge in [-0.2, -0.15) is 0 Å². The highest BCUT2D eigenvalue weighted by molar-refractivity contribution is 5.61. The Morgan fingerprint density at radius 2 is 0.737 bits per heavy atom. The van der Waals surface area contributed by atoms with Crippen LogP contribution in [0.5, 0.6) is 34.5 Å². The summed E-state index contributed by atoms with van der Waals surface area (Å²) >= 11 is 0. The number of aromatic nitrogens is 2. The van der Waals surface area contributed by atoms with Crippen LogP contribution in [0.2, 0.25) is 0 Å². The molecule has 2 aromatic heterocycles. The summed E-state index contributed by atoms with van der Waals surface area (Å²) in [6, 6.07) is 16.3. The summed E-state index contributed by atoms with van der Waals surface area (Å²) in [4.78, 5) is 0. The van der Waals surface area contributed by atoms with Crippen LogP contribution in [-0.2, 0) is 13.1 Å². The van der Waals surface area contributed by atoms with Gasteiger partial charge >= 0.3 is 0 Å². The van der Waals surface area contributed by atoms with Gasteiger partial charge in [0.05, 0.1) is 42.7 Å². The Labute approximate surface area is 223 Å². The Hall–Kier alpha value is -4.46. The second kappa shape index (κ2) is 12.2.